The molecule has 12 nitrogen and oxygen atoms in total. The summed E-state index contributed by atoms with van der Waals surface area (Å²) >= 11 is 1.45. The Labute approximate surface area is 236 Å². The minimum atomic E-state index is -1.61. The number of phenolic OH excluding ortho intramolecular Hbond substituents is 2. The Kier molecular flexibility index (Phi) is 12.7. The first-order valence-corrected chi connectivity index (χ1v) is 13.9. The summed E-state index contributed by atoms with van der Waals surface area (Å²) in [5.74, 6) is -3.00. The molecule has 13 heteroatoms. The molecule has 0 aliphatic heterocycles. The van der Waals surface area contributed by atoms with E-state index >= 15 is 0 Å². The van der Waals surface area contributed by atoms with Crippen LogP contribution in [-0.4, -0.2) is 86.4 Å². The largest absolute Gasteiger partial charge is 0.508 e. The van der Waals surface area contributed by atoms with Crippen LogP contribution in [0.5, 0.6) is 11.5 Å². The highest BCUT2D eigenvalue weighted by atomic mass is 32.2. The normalized spacial score (nSPS) is 14.7. The molecule has 0 aliphatic carbocycles. The van der Waals surface area contributed by atoms with Gasteiger partial charge in [0.25, 0.3) is 0 Å². The summed E-state index contributed by atoms with van der Waals surface area (Å²) in [4.78, 5) is 50.8. The van der Waals surface area contributed by atoms with Crippen LogP contribution in [0.1, 0.15) is 24.5 Å². The van der Waals surface area contributed by atoms with Crippen molar-refractivity contribution < 1.29 is 39.6 Å². The molecule has 0 aromatic heterocycles. The lowest BCUT2D eigenvalue weighted by molar-refractivity contribution is -0.145. The minimum absolute atomic E-state index is 0.00248. The van der Waals surface area contributed by atoms with Gasteiger partial charge in [-0.05, 0) is 67.2 Å². The lowest BCUT2D eigenvalue weighted by Crippen LogP contribution is -2.59. The summed E-state index contributed by atoms with van der Waals surface area (Å²) in [7, 11) is 0. The molecule has 5 atom stereocenters. The van der Waals surface area contributed by atoms with E-state index in [9.17, 15) is 39.6 Å². The fourth-order valence-corrected chi connectivity index (χ4v) is 4.23. The van der Waals surface area contributed by atoms with Crippen LogP contribution in [-0.2, 0) is 32.0 Å². The van der Waals surface area contributed by atoms with Gasteiger partial charge in [0.15, 0.2) is 6.04 Å². The van der Waals surface area contributed by atoms with Gasteiger partial charge < -0.3 is 42.1 Å². The van der Waals surface area contributed by atoms with Crippen molar-refractivity contribution in [2.45, 2.75) is 56.5 Å². The highest BCUT2D eigenvalue weighted by molar-refractivity contribution is 7.98. The maximum Gasteiger partial charge on any atom is 0.328 e. The number of carboxylic acids is 1. The number of benzene rings is 2. The summed E-state index contributed by atoms with van der Waals surface area (Å²) in [6, 6.07) is 7.17. The molecule has 2 aromatic carbocycles. The van der Waals surface area contributed by atoms with Crippen LogP contribution < -0.4 is 21.7 Å². The number of amides is 3. The third-order valence-corrected chi connectivity index (χ3v) is 6.67. The number of thioether (sulfide) groups is 1. The first-order valence-electron chi connectivity index (χ1n) is 12.5. The van der Waals surface area contributed by atoms with Gasteiger partial charge in [0, 0.05) is 6.42 Å². The Morgan fingerprint density at radius 1 is 0.800 bits per heavy atom. The van der Waals surface area contributed by atoms with Crippen molar-refractivity contribution in [3.8, 4) is 11.5 Å². The first-order chi connectivity index (χ1) is 18.9. The number of nitrogens with two attached hydrogens (primary N) is 1. The lowest BCUT2D eigenvalue weighted by Gasteiger charge is -2.26. The van der Waals surface area contributed by atoms with Crippen LogP contribution in [0.4, 0.5) is 0 Å². The molecule has 3 amide bonds. The van der Waals surface area contributed by atoms with Crippen molar-refractivity contribution in [1.29, 1.82) is 0 Å². The second-order valence-corrected chi connectivity index (χ2v) is 10.3. The average Bonchev–Trinajstić information content (AvgIpc) is 2.90. The number of carboxylic acid groups (broad SMARTS) is 1. The van der Waals surface area contributed by atoms with Crippen LogP contribution >= 0.6 is 11.8 Å². The summed E-state index contributed by atoms with van der Waals surface area (Å²) < 4.78 is 0. The predicted octanol–water partition coefficient (Wildman–Crippen LogP) is -0.117. The number of hydrogen-bond donors (Lipinski definition) is 8. The maximum atomic E-state index is 13.3. The van der Waals surface area contributed by atoms with Crippen molar-refractivity contribution in [3.63, 3.8) is 0 Å². The fraction of sp³-hybridized carbons (Fsp3) is 0.407. The van der Waals surface area contributed by atoms with E-state index in [1.807, 2.05) is 6.26 Å². The van der Waals surface area contributed by atoms with Gasteiger partial charge in [-0.3, -0.25) is 14.4 Å². The van der Waals surface area contributed by atoms with Gasteiger partial charge in [-0.15, -0.1) is 0 Å². The molecule has 0 bridgehead atoms. The van der Waals surface area contributed by atoms with Crippen LogP contribution in [0.2, 0.25) is 0 Å². The number of carbonyl (C=O) groups excluding carboxylic acids is 3. The molecule has 5 unspecified atom stereocenters. The van der Waals surface area contributed by atoms with E-state index in [0.717, 1.165) is 0 Å². The summed E-state index contributed by atoms with van der Waals surface area (Å²) in [5, 5.41) is 45.6. The molecular weight excluding hydrogens is 540 g/mol. The lowest BCUT2D eigenvalue weighted by atomic mass is 10.0. The molecule has 0 fully saturated rings. The van der Waals surface area contributed by atoms with E-state index in [0.29, 0.717) is 16.9 Å². The molecule has 40 heavy (non-hydrogen) atoms. The van der Waals surface area contributed by atoms with Gasteiger partial charge in [0.1, 0.15) is 23.6 Å². The number of aliphatic hydroxyl groups is 1. The van der Waals surface area contributed by atoms with E-state index in [2.05, 4.69) is 16.0 Å². The van der Waals surface area contributed by atoms with Crippen LogP contribution in [0, 0.1) is 0 Å². The van der Waals surface area contributed by atoms with Crippen molar-refractivity contribution in [2.75, 3.05) is 12.0 Å². The molecule has 9 N–H and O–H groups in total. The van der Waals surface area contributed by atoms with E-state index in [4.69, 9.17) is 5.73 Å². The Bertz CT molecular complexity index is 1140. The fourth-order valence-electron chi connectivity index (χ4n) is 3.75. The minimum Gasteiger partial charge on any atom is -0.508 e. The number of aliphatic hydroxyl groups excluding tert-OH is 1. The Morgan fingerprint density at radius 2 is 1.27 bits per heavy atom. The first kappa shape index (κ1) is 32.4. The predicted molar refractivity (Wildman–Crippen MR) is 150 cm³/mol. The number of hydrogen-bond acceptors (Lipinski definition) is 9. The second kappa shape index (κ2) is 15.7. The maximum absolute atomic E-state index is 13.3. The number of rotatable bonds is 15. The topological polar surface area (TPSA) is 211 Å². The third-order valence-electron chi connectivity index (χ3n) is 6.03. The summed E-state index contributed by atoms with van der Waals surface area (Å²) in [6.07, 6.45) is 0.744. The molecule has 2 rings (SSSR count). The zero-order valence-corrected chi connectivity index (χ0v) is 23.1. The van der Waals surface area contributed by atoms with Crippen LogP contribution in [0.25, 0.3) is 0 Å². The van der Waals surface area contributed by atoms with Crippen molar-refractivity contribution in [1.82, 2.24) is 16.0 Å². The highest BCUT2D eigenvalue weighted by Gasteiger charge is 2.32. The monoisotopic (exact) mass is 576 g/mol. The average molecular weight is 577 g/mol. The molecule has 0 radical (unpaired) electrons. The van der Waals surface area contributed by atoms with Crippen LogP contribution in [0.3, 0.4) is 0 Å². The smallest absolute Gasteiger partial charge is 0.328 e. The SMILES string of the molecule is CSCCC(NC(=O)C(N)Cc1ccc(O)cc1)C(=O)NC(Cc1ccc(O)cc1)C(=O)NC(C(=O)O)C(C)O. The Hall–Kier alpha value is -3.81. The van der Waals surface area contributed by atoms with Crippen molar-refractivity contribution in [2.24, 2.45) is 5.73 Å². The van der Waals surface area contributed by atoms with Gasteiger partial charge in [-0.1, -0.05) is 24.3 Å². The molecular formula is C27H36N4O8S. The van der Waals surface area contributed by atoms with Gasteiger partial charge in [0.05, 0.1) is 12.1 Å². The van der Waals surface area contributed by atoms with Crippen LogP contribution in [0.15, 0.2) is 48.5 Å². The standard InChI is InChI=1S/C27H36N4O8S/c1-15(32)23(27(38)39)31-26(37)22(14-17-5-9-19(34)10-6-17)30-25(36)21(11-12-40-2)29-24(35)20(28)13-16-3-7-18(33)8-4-16/h3-10,15,20-23,32-34H,11-14,28H2,1-2H3,(H,29,35)(H,30,36)(H,31,37)(H,38,39). The molecule has 218 valence electrons. The van der Waals surface area contributed by atoms with E-state index < -0.39 is 54.0 Å². The number of aromatic hydroxyl groups is 2. The quantitative estimate of drug-likeness (QED) is 0.141. The van der Waals surface area contributed by atoms with E-state index in [1.54, 1.807) is 24.3 Å². The molecule has 0 saturated carbocycles. The number of phenols is 2. The third kappa shape index (κ3) is 10.4. The van der Waals surface area contributed by atoms with Gasteiger partial charge in [0.2, 0.25) is 17.7 Å². The summed E-state index contributed by atoms with van der Waals surface area (Å²) in [5.41, 5.74) is 7.33. The summed E-state index contributed by atoms with van der Waals surface area (Å²) in [6.45, 7) is 1.21. The Morgan fingerprint density at radius 3 is 1.75 bits per heavy atom. The van der Waals surface area contributed by atoms with Gasteiger partial charge in [-0.2, -0.15) is 11.8 Å². The van der Waals surface area contributed by atoms with E-state index in [-0.39, 0.29) is 30.8 Å². The van der Waals surface area contributed by atoms with Crippen molar-refractivity contribution >= 4 is 35.5 Å². The number of carbonyl (C=O) groups is 4. The molecule has 2 aromatic rings. The molecule has 0 heterocycles. The molecule has 0 aliphatic rings. The number of aliphatic carboxylic acids is 1. The number of nitrogens with one attached hydrogen (secondary N) is 3. The van der Waals surface area contributed by atoms with Crippen molar-refractivity contribution in [3.05, 3.63) is 59.7 Å². The Balaban J connectivity index is 2.20. The van der Waals surface area contributed by atoms with E-state index in [1.165, 1.54) is 43.0 Å². The zero-order chi connectivity index (χ0) is 29.8. The molecule has 0 saturated heterocycles. The van der Waals surface area contributed by atoms with Gasteiger partial charge >= 0.3 is 5.97 Å². The van der Waals surface area contributed by atoms with Gasteiger partial charge in [-0.25, -0.2) is 4.79 Å². The molecule has 0 spiro atoms. The highest BCUT2D eigenvalue weighted by Crippen LogP contribution is 2.13. The zero-order valence-electron chi connectivity index (χ0n) is 22.2. The second-order valence-electron chi connectivity index (χ2n) is 9.32.